The van der Waals surface area contributed by atoms with Gasteiger partial charge in [0.25, 0.3) is 0 Å². The molecular weight excluding hydrogens is 282 g/mol. The van der Waals surface area contributed by atoms with Gasteiger partial charge in [0.15, 0.2) is 0 Å². The van der Waals surface area contributed by atoms with Crippen LogP contribution in [0.4, 0.5) is 0 Å². The van der Waals surface area contributed by atoms with Crippen LogP contribution in [0.2, 0.25) is 0 Å². The van der Waals surface area contributed by atoms with Gasteiger partial charge in [0.2, 0.25) is 10.0 Å². The molecule has 0 aliphatic carbocycles. The lowest BCUT2D eigenvalue weighted by atomic mass is 10.2. The summed E-state index contributed by atoms with van der Waals surface area (Å²) in [5.41, 5.74) is 1.75. The van der Waals surface area contributed by atoms with Crippen molar-refractivity contribution >= 4 is 21.4 Å². The number of aryl methyl sites for hydroxylation is 1. The molecule has 0 atom stereocenters. The molecule has 0 bridgehead atoms. The van der Waals surface area contributed by atoms with Gasteiger partial charge in [-0.15, -0.1) is 0 Å². The molecule has 102 valence electrons. The van der Waals surface area contributed by atoms with Gasteiger partial charge in [0.1, 0.15) is 5.75 Å². The Bertz CT molecular complexity index is 649. The first-order chi connectivity index (χ1) is 9.03. The van der Waals surface area contributed by atoms with Crippen molar-refractivity contribution in [2.45, 2.75) is 18.4 Å². The SMILES string of the molecule is COc1ccc(S(=O)(=O)NCc2ccsc2)cc1C. The molecule has 0 aliphatic heterocycles. The highest BCUT2D eigenvalue weighted by Crippen LogP contribution is 2.21. The average Bonchev–Trinajstić information content (AvgIpc) is 2.89. The van der Waals surface area contributed by atoms with Gasteiger partial charge in [0.05, 0.1) is 12.0 Å². The zero-order valence-electron chi connectivity index (χ0n) is 10.7. The third kappa shape index (κ3) is 3.34. The zero-order chi connectivity index (χ0) is 13.9. The molecule has 0 radical (unpaired) electrons. The molecule has 6 heteroatoms. The second kappa shape index (κ2) is 5.73. The van der Waals surface area contributed by atoms with Crippen molar-refractivity contribution in [2.75, 3.05) is 7.11 Å². The highest BCUT2D eigenvalue weighted by Gasteiger charge is 2.15. The van der Waals surface area contributed by atoms with E-state index < -0.39 is 10.0 Å². The summed E-state index contributed by atoms with van der Waals surface area (Å²) >= 11 is 1.54. The van der Waals surface area contributed by atoms with Crippen LogP contribution in [0.25, 0.3) is 0 Å². The van der Waals surface area contributed by atoms with Gasteiger partial charge < -0.3 is 4.74 Å². The number of ether oxygens (including phenoxy) is 1. The first kappa shape index (κ1) is 14.0. The fourth-order valence-corrected chi connectivity index (χ4v) is 3.44. The number of benzene rings is 1. The molecule has 2 aromatic rings. The van der Waals surface area contributed by atoms with Crippen molar-refractivity contribution in [3.63, 3.8) is 0 Å². The van der Waals surface area contributed by atoms with E-state index in [2.05, 4.69) is 4.72 Å². The van der Waals surface area contributed by atoms with Crippen molar-refractivity contribution in [2.24, 2.45) is 0 Å². The molecule has 1 N–H and O–H groups in total. The number of rotatable bonds is 5. The fraction of sp³-hybridized carbons (Fsp3) is 0.231. The zero-order valence-corrected chi connectivity index (χ0v) is 12.3. The molecule has 0 saturated heterocycles. The number of sulfonamides is 1. The van der Waals surface area contributed by atoms with Crippen molar-refractivity contribution in [3.8, 4) is 5.75 Å². The van der Waals surface area contributed by atoms with Crippen LogP contribution in [0.15, 0.2) is 39.9 Å². The maximum Gasteiger partial charge on any atom is 0.240 e. The second-order valence-corrected chi connectivity index (χ2v) is 6.63. The molecule has 1 heterocycles. The summed E-state index contributed by atoms with van der Waals surface area (Å²) in [6, 6.07) is 6.71. The summed E-state index contributed by atoms with van der Waals surface area (Å²) in [6.07, 6.45) is 0. The monoisotopic (exact) mass is 297 g/mol. The normalized spacial score (nSPS) is 11.5. The van der Waals surface area contributed by atoms with Crippen molar-refractivity contribution in [1.82, 2.24) is 4.72 Å². The first-order valence-corrected chi connectivity index (χ1v) is 8.11. The predicted molar refractivity (Wildman–Crippen MR) is 76.1 cm³/mol. The van der Waals surface area contributed by atoms with Crippen LogP contribution in [0.3, 0.4) is 0 Å². The van der Waals surface area contributed by atoms with Gasteiger partial charge in [-0.05, 0) is 53.1 Å². The maximum absolute atomic E-state index is 12.1. The molecule has 4 nitrogen and oxygen atoms in total. The van der Waals surface area contributed by atoms with Crippen LogP contribution >= 0.6 is 11.3 Å². The Kier molecular flexibility index (Phi) is 4.24. The minimum Gasteiger partial charge on any atom is -0.496 e. The molecule has 0 aliphatic rings. The van der Waals surface area contributed by atoms with Crippen molar-refractivity contribution in [1.29, 1.82) is 0 Å². The van der Waals surface area contributed by atoms with E-state index in [-0.39, 0.29) is 4.90 Å². The lowest BCUT2D eigenvalue weighted by Gasteiger charge is -2.09. The summed E-state index contributed by atoms with van der Waals surface area (Å²) < 4.78 is 32.0. The van der Waals surface area contributed by atoms with E-state index in [1.807, 2.05) is 23.8 Å². The van der Waals surface area contributed by atoms with Crippen LogP contribution in [-0.2, 0) is 16.6 Å². The van der Waals surface area contributed by atoms with E-state index in [9.17, 15) is 8.42 Å². The smallest absolute Gasteiger partial charge is 0.240 e. The Labute approximate surface area is 117 Å². The average molecular weight is 297 g/mol. The van der Waals surface area contributed by atoms with Gasteiger partial charge in [0, 0.05) is 6.54 Å². The summed E-state index contributed by atoms with van der Waals surface area (Å²) in [4.78, 5) is 0.251. The third-order valence-corrected chi connectivity index (χ3v) is 4.85. The summed E-state index contributed by atoms with van der Waals surface area (Å²) in [7, 11) is -1.92. The standard InChI is InChI=1S/C13H15NO3S2/c1-10-7-12(3-4-13(10)17-2)19(15,16)14-8-11-5-6-18-9-11/h3-7,9,14H,8H2,1-2H3. The topological polar surface area (TPSA) is 55.4 Å². The number of hydrogen-bond donors (Lipinski definition) is 1. The Morgan fingerprint density at radius 3 is 2.68 bits per heavy atom. The minimum atomic E-state index is -3.48. The van der Waals surface area contributed by atoms with Crippen LogP contribution in [0.5, 0.6) is 5.75 Å². The molecule has 0 amide bonds. The van der Waals surface area contributed by atoms with Crippen molar-refractivity contribution < 1.29 is 13.2 Å². The summed E-state index contributed by atoms with van der Waals surface area (Å²) in [6.45, 7) is 2.12. The first-order valence-electron chi connectivity index (χ1n) is 5.68. The minimum absolute atomic E-state index is 0.251. The molecule has 0 spiro atoms. The highest BCUT2D eigenvalue weighted by atomic mass is 32.2. The molecule has 19 heavy (non-hydrogen) atoms. The van der Waals surface area contributed by atoms with Crippen LogP contribution in [0.1, 0.15) is 11.1 Å². The Balaban J connectivity index is 2.17. The summed E-state index contributed by atoms with van der Waals surface area (Å²) in [5, 5.41) is 3.84. The van der Waals surface area contributed by atoms with E-state index in [1.54, 1.807) is 36.6 Å². The van der Waals surface area contributed by atoms with E-state index in [0.29, 0.717) is 12.3 Å². The number of nitrogens with one attached hydrogen (secondary N) is 1. The fourth-order valence-electron chi connectivity index (χ4n) is 1.67. The van der Waals surface area contributed by atoms with Crippen LogP contribution in [-0.4, -0.2) is 15.5 Å². The van der Waals surface area contributed by atoms with Gasteiger partial charge in [-0.3, -0.25) is 0 Å². The molecule has 1 aromatic carbocycles. The Hall–Kier alpha value is -1.37. The van der Waals surface area contributed by atoms with E-state index in [4.69, 9.17) is 4.74 Å². The highest BCUT2D eigenvalue weighted by molar-refractivity contribution is 7.89. The van der Waals surface area contributed by atoms with E-state index in [1.165, 1.54) is 0 Å². The van der Waals surface area contributed by atoms with Gasteiger partial charge in [-0.1, -0.05) is 0 Å². The molecule has 0 fully saturated rings. The lowest BCUT2D eigenvalue weighted by Crippen LogP contribution is -2.23. The maximum atomic E-state index is 12.1. The molecule has 2 rings (SSSR count). The van der Waals surface area contributed by atoms with Gasteiger partial charge in [-0.25, -0.2) is 13.1 Å². The number of methoxy groups -OCH3 is 1. The predicted octanol–water partition coefficient (Wildman–Crippen LogP) is 2.54. The van der Waals surface area contributed by atoms with Crippen LogP contribution in [0, 0.1) is 6.92 Å². The molecule has 1 aromatic heterocycles. The second-order valence-electron chi connectivity index (χ2n) is 4.09. The number of thiophene rings is 1. The molecule has 0 unspecified atom stereocenters. The largest absolute Gasteiger partial charge is 0.496 e. The van der Waals surface area contributed by atoms with E-state index >= 15 is 0 Å². The van der Waals surface area contributed by atoms with Gasteiger partial charge >= 0.3 is 0 Å². The lowest BCUT2D eigenvalue weighted by molar-refractivity contribution is 0.411. The summed E-state index contributed by atoms with van der Waals surface area (Å²) in [5.74, 6) is 0.678. The number of hydrogen-bond acceptors (Lipinski definition) is 4. The Morgan fingerprint density at radius 1 is 1.32 bits per heavy atom. The molecule has 0 saturated carbocycles. The van der Waals surface area contributed by atoms with Crippen LogP contribution < -0.4 is 9.46 Å². The third-order valence-electron chi connectivity index (χ3n) is 2.72. The van der Waals surface area contributed by atoms with Crippen molar-refractivity contribution in [3.05, 3.63) is 46.2 Å². The quantitative estimate of drug-likeness (QED) is 0.922. The molecular formula is C13H15NO3S2. The Morgan fingerprint density at radius 2 is 2.11 bits per heavy atom. The van der Waals surface area contributed by atoms with E-state index in [0.717, 1.165) is 11.1 Å². The van der Waals surface area contributed by atoms with Gasteiger partial charge in [-0.2, -0.15) is 11.3 Å².